The Labute approximate surface area is 88.0 Å². The number of halogens is 2. The first-order valence-corrected chi connectivity index (χ1v) is 4.17. The molecule has 0 atom stereocenters. The lowest BCUT2D eigenvalue weighted by Gasteiger charge is -2.01. The number of isocyanates is 1. The van der Waals surface area contributed by atoms with Crippen LogP contribution in [0.2, 0.25) is 0 Å². The van der Waals surface area contributed by atoms with Crippen LogP contribution in [0.1, 0.15) is 0 Å². The number of aromatic nitrogens is 3. The molecule has 1 aromatic heterocycles. The van der Waals surface area contributed by atoms with Gasteiger partial charge in [0, 0.05) is 0 Å². The van der Waals surface area contributed by atoms with Crippen molar-refractivity contribution in [1.29, 1.82) is 0 Å². The lowest BCUT2D eigenvalue weighted by molar-refractivity contribution is 0.545. The van der Waals surface area contributed by atoms with Gasteiger partial charge in [-0.3, -0.25) is 0 Å². The number of benzene rings is 1. The van der Waals surface area contributed by atoms with Gasteiger partial charge < -0.3 is 0 Å². The molecule has 2 aromatic rings. The van der Waals surface area contributed by atoms with E-state index in [2.05, 4.69) is 15.2 Å². The van der Waals surface area contributed by atoms with E-state index in [0.717, 1.165) is 23.1 Å². The van der Waals surface area contributed by atoms with Crippen LogP contribution in [0, 0.1) is 11.6 Å². The van der Waals surface area contributed by atoms with Gasteiger partial charge in [0.2, 0.25) is 11.9 Å². The minimum atomic E-state index is -0.808. The van der Waals surface area contributed by atoms with Crippen molar-refractivity contribution in [2.45, 2.75) is 0 Å². The van der Waals surface area contributed by atoms with E-state index in [4.69, 9.17) is 0 Å². The number of rotatable bonds is 2. The summed E-state index contributed by atoms with van der Waals surface area (Å²) in [6, 6.07) is 3.37. The average molecular weight is 222 g/mol. The van der Waals surface area contributed by atoms with Gasteiger partial charge in [-0.25, -0.2) is 13.6 Å². The monoisotopic (exact) mass is 222 g/mol. The fraction of sp³-hybridized carbons (Fsp3) is 0. The second-order valence-electron chi connectivity index (χ2n) is 2.77. The van der Waals surface area contributed by atoms with E-state index in [1.54, 1.807) is 0 Å². The lowest BCUT2D eigenvalue weighted by atomic mass is 10.3. The predicted octanol–water partition coefficient (Wildman–Crippen LogP) is 1.51. The highest BCUT2D eigenvalue weighted by Gasteiger charge is 2.12. The molecule has 0 saturated carbocycles. The summed E-state index contributed by atoms with van der Waals surface area (Å²) in [5.41, 5.74) is -0.421. The molecule has 0 amide bonds. The van der Waals surface area contributed by atoms with Crippen LogP contribution in [0.15, 0.2) is 29.4 Å². The van der Waals surface area contributed by atoms with Gasteiger partial charge >= 0.3 is 0 Å². The molecule has 0 aliphatic heterocycles. The topological polar surface area (TPSA) is 60.1 Å². The first kappa shape index (κ1) is 10.1. The van der Waals surface area contributed by atoms with Crippen molar-refractivity contribution in [3.63, 3.8) is 0 Å². The molecule has 5 nitrogen and oxygen atoms in total. The third-order valence-corrected chi connectivity index (χ3v) is 1.78. The van der Waals surface area contributed by atoms with Crippen LogP contribution in [0.5, 0.6) is 0 Å². The van der Waals surface area contributed by atoms with E-state index < -0.39 is 17.3 Å². The standard InChI is InChI=1S/C9H4F2N4O/c10-6-2-1-3-7(11)9(6)15-13-4-8(14-15)12-5-16/h1-4H. The molecule has 0 saturated heterocycles. The van der Waals surface area contributed by atoms with E-state index in [-0.39, 0.29) is 5.82 Å². The molecule has 0 aliphatic carbocycles. The Bertz CT molecular complexity index is 554. The summed E-state index contributed by atoms with van der Waals surface area (Å²) in [7, 11) is 0. The first-order valence-electron chi connectivity index (χ1n) is 4.17. The van der Waals surface area contributed by atoms with Gasteiger partial charge in [0.1, 0.15) is 0 Å². The molecule has 0 unspecified atom stereocenters. The average Bonchev–Trinajstić information content (AvgIpc) is 2.67. The Balaban J connectivity index is 2.54. The summed E-state index contributed by atoms with van der Waals surface area (Å²) in [5.74, 6) is -1.69. The second kappa shape index (κ2) is 4.00. The van der Waals surface area contributed by atoms with Crippen molar-refractivity contribution >= 4 is 11.9 Å². The Morgan fingerprint density at radius 2 is 2.00 bits per heavy atom. The van der Waals surface area contributed by atoms with Crippen molar-refractivity contribution in [3.8, 4) is 5.69 Å². The van der Waals surface area contributed by atoms with Crippen molar-refractivity contribution in [1.82, 2.24) is 15.0 Å². The summed E-state index contributed by atoms with van der Waals surface area (Å²) in [4.78, 5) is 13.8. The van der Waals surface area contributed by atoms with E-state index in [1.165, 1.54) is 12.1 Å². The van der Waals surface area contributed by atoms with Gasteiger partial charge in [-0.05, 0) is 12.1 Å². The Morgan fingerprint density at radius 1 is 1.31 bits per heavy atom. The molecule has 0 aliphatic rings. The smallest absolute Gasteiger partial charge is 0.211 e. The summed E-state index contributed by atoms with van der Waals surface area (Å²) < 4.78 is 26.6. The minimum Gasteiger partial charge on any atom is -0.211 e. The molecule has 0 N–H and O–H groups in total. The third-order valence-electron chi connectivity index (χ3n) is 1.78. The fourth-order valence-electron chi connectivity index (χ4n) is 1.14. The van der Waals surface area contributed by atoms with Crippen LogP contribution < -0.4 is 0 Å². The number of para-hydroxylation sites is 1. The fourth-order valence-corrected chi connectivity index (χ4v) is 1.14. The molecule has 16 heavy (non-hydrogen) atoms. The van der Waals surface area contributed by atoms with Gasteiger partial charge in [-0.15, -0.1) is 14.9 Å². The highest BCUT2D eigenvalue weighted by Crippen LogP contribution is 2.16. The molecule has 0 fully saturated rings. The maximum Gasteiger partial charge on any atom is 0.242 e. The summed E-state index contributed by atoms with van der Waals surface area (Å²) in [5, 5.41) is 7.17. The molecular formula is C9H4F2N4O. The van der Waals surface area contributed by atoms with E-state index in [1.807, 2.05) is 0 Å². The quantitative estimate of drug-likeness (QED) is 0.571. The van der Waals surface area contributed by atoms with Crippen molar-refractivity contribution in [2.75, 3.05) is 0 Å². The third kappa shape index (κ3) is 1.71. The number of nitrogens with zero attached hydrogens (tertiary/aromatic N) is 4. The highest BCUT2D eigenvalue weighted by atomic mass is 19.1. The van der Waals surface area contributed by atoms with Crippen LogP contribution >= 0.6 is 0 Å². The molecule has 2 rings (SSSR count). The predicted molar refractivity (Wildman–Crippen MR) is 49.1 cm³/mol. The normalized spacial score (nSPS) is 9.88. The van der Waals surface area contributed by atoms with Gasteiger partial charge in [0.15, 0.2) is 17.3 Å². The van der Waals surface area contributed by atoms with Crippen LogP contribution in [0.25, 0.3) is 5.69 Å². The van der Waals surface area contributed by atoms with E-state index in [0.29, 0.717) is 0 Å². The van der Waals surface area contributed by atoms with Crippen LogP contribution in [0.3, 0.4) is 0 Å². The van der Waals surface area contributed by atoms with Gasteiger partial charge in [-0.2, -0.15) is 5.10 Å². The molecule has 1 aromatic carbocycles. The second-order valence-corrected chi connectivity index (χ2v) is 2.77. The summed E-state index contributed by atoms with van der Waals surface area (Å²) in [6.45, 7) is 0. The highest BCUT2D eigenvalue weighted by molar-refractivity contribution is 5.43. The first-order chi connectivity index (χ1) is 7.72. The van der Waals surface area contributed by atoms with E-state index >= 15 is 0 Å². The van der Waals surface area contributed by atoms with Crippen LogP contribution in [-0.4, -0.2) is 21.1 Å². The van der Waals surface area contributed by atoms with Crippen LogP contribution in [-0.2, 0) is 4.79 Å². The molecule has 7 heteroatoms. The molecule has 0 bridgehead atoms. The maximum atomic E-state index is 13.3. The van der Waals surface area contributed by atoms with Crippen molar-refractivity contribution in [2.24, 2.45) is 4.99 Å². The molecule has 0 radical (unpaired) electrons. The Kier molecular flexibility index (Phi) is 2.53. The maximum absolute atomic E-state index is 13.3. The molecule has 0 spiro atoms. The van der Waals surface area contributed by atoms with Gasteiger partial charge in [0.25, 0.3) is 0 Å². The number of hydrogen-bond donors (Lipinski definition) is 0. The summed E-state index contributed by atoms with van der Waals surface area (Å²) >= 11 is 0. The van der Waals surface area contributed by atoms with E-state index in [9.17, 15) is 13.6 Å². The minimum absolute atomic E-state index is 0.0716. The van der Waals surface area contributed by atoms with Gasteiger partial charge in [0.05, 0.1) is 6.20 Å². The molecule has 80 valence electrons. The van der Waals surface area contributed by atoms with Crippen molar-refractivity contribution < 1.29 is 13.6 Å². The lowest BCUT2D eigenvalue weighted by Crippen LogP contribution is -2.04. The SMILES string of the molecule is O=C=Nc1cnn(-c2c(F)cccc2F)n1. The zero-order chi connectivity index (χ0) is 11.5. The van der Waals surface area contributed by atoms with Gasteiger partial charge in [-0.1, -0.05) is 6.07 Å². The van der Waals surface area contributed by atoms with Crippen LogP contribution in [0.4, 0.5) is 14.6 Å². The number of hydrogen-bond acceptors (Lipinski definition) is 4. The Hall–Kier alpha value is -2.40. The van der Waals surface area contributed by atoms with Crippen molar-refractivity contribution in [3.05, 3.63) is 36.0 Å². The summed E-state index contributed by atoms with van der Waals surface area (Å²) in [6.07, 6.45) is 2.34. The molecule has 1 heterocycles. The zero-order valence-electron chi connectivity index (χ0n) is 7.76. The number of carbonyl (C=O) groups excluding carboxylic acids is 1. The molecular weight excluding hydrogens is 218 g/mol. The largest absolute Gasteiger partial charge is 0.242 e. The Morgan fingerprint density at radius 3 is 2.62 bits per heavy atom. The zero-order valence-corrected chi connectivity index (χ0v) is 7.76. The number of aliphatic imine (C=N–C) groups is 1.